The summed E-state index contributed by atoms with van der Waals surface area (Å²) in [5.41, 5.74) is 1.45. The third-order valence-corrected chi connectivity index (χ3v) is 6.07. The first kappa shape index (κ1) is 22.5. The molecule has 162 valence electrons. The molecule has 3 aromatic rings. The molecule has 0 aliphatic heterocycles. The van der Waals surface area contributed by atoms with E-state index in [1.807, 2.05) is 20.8 Å². The lowest BCUT2D eigenvalue weighted by Gasteiger charge is -2.19. The van der Waals surface area contributed by atoms with Crippen LogP contribution >= 0.6 is 0 Å². The molecule has 0 aromatic heterocycles. The van der Waals surface area contributed by atoms with Crippen LogP contribution in [-0.4, -0.2) is 14.3 Å². The molecular weight excluding hydrogens is 417 g/mol. The second kappa shape index (κ2) is 8.89. The van der Waals surface area contributed by atoms with Crippen molar-refractivity contribution in [1.29, 1.82) is 0 Å². The normalized spacial score (nSPS) is 11.7. The highest BCUT2D eigenvalue weighted by Gasteiger charge is 2.20. The summed E-state index contributed by atoms with van der Waals surface area (Å²) >= 11 is 0. The van der Waals surface area contributed by atoms with Crippen LogP contribution in [0.4, 0.5) is 4.39 Å². The second-order valence-corrected chi connectivity index (χ2v) is 9.80. The molecule has 0 bridgehead atoms. The molecule has 0 aliphatic rings. The minimum absolute atomic E-state index is 0.0127. The van der Waals surface area contributed by atoms with Gasteiger partial charge in [-0.05, 0) is 53.4 Å². The van der Waals surface area contributed by atoms with Crippen LogP contribution in [0.2, 0.25) is 0 Å². The topological polar surface area (TPSA) is 72.5 Å². The van der Waals surface area contributed by atoms with Gasteiger partial charge in [0.05, 0.1) is 4.90 Å². The molecule has 0 fully saturated rings. The van der Waals surface area contributed by atoms with E-state index < -0.39 is 15.9 Å². The van der Waals surface area contributed by atoms with E-state index in [1.54, 1.807) is 30.3 Å². The summed E-state index contributed by atoms with van der Waals surface area (Å²) in [4.78, 5) is 12.4. The van der Waals surface area contributed by atoms with Crippen LogP contribution < -0.4 is 9.46 Å². The Hall–Kier alpha value is -3.19. The number of hydrogen-bond donors (Lipinski definition) is 1. The average Bonchev–Trinajstić information content (AvgIpc) is 2.73. The van der Waals surface area contributed by atoms with E-state index in [4.69, 9.17) is 4.74 Å². The molecule has 0 radical (unpaired) electrons. The van der Waals surface area contributed by atoms with Gasteiger partial charge in [-0.2, -0.15) is 0 Å². The Balaban J connectivity index is 1.65. The number of rotatable bonds is 6. The number of halogens is 1. The summed E-state index contributed by atoms with van der Waals surface area (Å²) in [5, 5.41) is 0. The first-order valence-corrected chi connectivity index (χ1v) is 11.2. The fourth-order valence-corrected chi connectivity index (χ4v) is 3.83. The Morgan fingerprint density at radius 2 is 1.55 bits per heavy atom. The van der Waals surface area contributed by atoms with Gasteiger partial charge in [-0.25, -0.2) is 17.5 Å². The minimum atomic E-state index is -4.00. The molecular formula is C24H24FNO4S. The Kier molecular flexibility index (Phi) is 6.45. The zero-order valence-corrected chi connectivity index (χ0v) is 18.4. The van der Waals surface area contributed by atoms with Gasteiger partial charge in [-0.1, -0.05) is 51.1 Å². The predicted octanol–water partition coefficient (Wildman–Crippen LogP) is 4.82. The summed E-state index contributed by atoms with van der Waals surface area (Å²) in [6.45, 7) is 6.13. The number of benzene rings is 3. The third-order valence-electron chi connectivity index (χ3n) is 4.73. The SMILES string of the molecule is CC(C)(C)c1ccc(S(=O)(=O)NC(=O)c2ccc(OCc3ccccc3F)cc2)cc1. The van der Waals surface area contributed by atoms with Gasteiger partial charge in [-0.3, -0.25) is 4.79 Å². The van der Waals surface area contributed by atoms with Crippen LogP contribution in [0.15, 0.2) is 77.7 Å². The lowest BCUT2D eigenvalue weighted by atomic mass is 9.87. The quantitative estimate of drug-likeness (QED) is 0.595. The molecule has 31 heavy (non-hydrogen) atoms. The van der Waals surface area contributed by atoms with Crippen molar-refractivity contribution in [3.05, 3.63) is 95.3 Å². The summed E-state index contributed by atoms with van der Waals surface area (Å²) in [5.74, 6) is -0.680. The largest absolute Gasteiger partial charge is 0.489 e. The molecule has 3 rings (SSSR count). The molecule has 3 aromatic carbocycles. The molecule has 0 spiro atoms. The Labute approximate surface area is 181 Å². The van der Waals surface area contributed by atoms with Crippen LogP contribution in [0.3, 0.4) is 0 Å². The van der Waals surface area contributed by atoms with Gasteiger partial charge in [0.2, 0.25) is 0 Å². The van der Waals surface area contributed by atoms with Crippen LogP contribution in [0, 0.1) is 5.82 Å². The second-order valence-electron chi connectivity index (χ2n) is 8.11. The molecule has 0 atom stereocenters. The predicted molar refractivity (Wildman–Crippen MR) is 117 cm³/mol. The zero-order valence-electron chi connectivity index (χ0n) is 17.6. The highest BCUT2D eigenvalue weighted by atomic mass is 32.2. The minimum Gasteiger partial charge on any atom is -0.489 e. The number of ether oxygens (including phenoxy) is 1. The number of amides is 1. The molecule has 0 saturated heterocycles. The van der Waals surface area contributed by atoms with Crippen LogP contribution in [0.1, 0.15) is 42.3 Å². The highest BCUT2D eigenvalue weighted by molar-refractivity contribution is 7.90. The van der Waals surface area contributed by atoms with Crippen LogP contribution in [0.25, 0.3) is 0 Å². The monoisotopic (exact) mass is 441 g/mol. The van der Waals surface area contributed by atoms with Crippen molar-refractivity contribution >= 4 is 15.9 Å². The number of hydrogen-bond acceptors (Lipinski definition) is 4. The van der Waals surface area contributed by atoms with E-state index in [9.17, 15) is 17.6 Å². The van der Waals surface area contributed by atoms with Crippen molar-refractivity contribution in [1.82, 2.24) is 4.72 Å². The van der Waals surface area contributed by atoms with E-state index in [2.05, 4.69) is 4.72 Å². The van der Waals surface area contributed by atoms with Crippen molar-refractivity contribution in [3.63, 3.8) is 0 Å². The third kappa shape index (κ3) is 5.70. The first-order chi connectivity index (χ1) is 14.6. The Morgan fingerprint density at radius 3 is 2.13 bits per heavy atom. The lowest BCUT2D eigenvalue weighted by Crippen LogP contribution is -2.30. The van der Waals surface area contributed by atoms with E-state index in [-0.39, 0.29) is 28.3 Å². The Morgan fingerprint density at radius 1 is 0.935 bits per heavy atom. The van der Waals surface area contributed by atoms with Gasteiger partial charge >= 0.3 is 0 Å². The fourth-order valence-electron chi connectivity index (χ4n) is 2.85. The van der Waals surface area contributed by atoms with Gasteiger partial charge in [-0.15, -0.1) is 0 Å². The molecule has 0 unspecified atom stereocenters. The number of sulfonamides is 1. The molecule has 0 saturated carbocycles. The first-order valence-electron chi connectivity index (χ1n) is 9.70. The van der Waals surface area contributed by atoms with Gasteiger partial charge in [0.15, 0.2) is 0 Å². The molecule has 7 heteroatoms. The van der Waals surface area contributed by atoms with E-state index in [0.717, 1.165) is 5.56 Å². The van der Waals surface area contributed by atoms with Gasteiger partial charge in [0.25, 0.3) is 15.9 Å². The molecule has 5 nitrogen and oxygen atoms in total. The summed E-state index contributed by atoms with van der Waals surface area (Å²) < 4.78 is 46.3. The van der Waals surface area contributed by atoms with Gasteiger partial charge in [0.1, 0.15) is 18.2 Å². The maximum absolute atomic E-state index is 13.7. The highest BCUT2D eigenvalue weighted by Crippen LogP contribution is 2.23. The van der Waals surface area contributed by atoms with Crippen molar-refractivity contribution in [3.8, 4) is 5.75 Å². The Bertz CT molecular complexity index is 1170. The number of carbonyl (C=O) groups is 1. The zero-order chi connectivity index (χ0) is 22.6. The smallest absolute Gasteiger partial charge is 0.265 e. The average molecular weight is 442 g/mol. The van der Waals surface area contributed by atoms with Gasteiger partial charge < -0.3 is 4.74 Å². The maximum Gasteiger partial charge on any atom is 0.265 e. The van der Waals surface area contributed by atoms with E-state index in [0.29, 0.717) is 11.3 Å². The molecule has 1 N–H and O–H groups in total. The lowest BCUT2D eigenvalue weighted by molar-refractivity contribution is 0.0981. The van der Waals surface area contributed by atoms with Crippen molar-refractivity contribution < 1.29 is 22.3 Å². The molecule has 0 aliphatic carbocycles. The van der Waals surface area contributed by atoms with Crippen molar-refractivity contribution in [2.24, 2.45) is 0 Å². The number of nitrogens with one attached hydrogen (secondary N) is 1. The summed E-state index contributed by atoms with van der Waals surface area (Å²) in [6.07, 6.45) is 0. The summed E-state index contributed by atoms with van der Waals surface area (Å²) in [7, 11) is -4.00. The maximum atomic E-state index is 13.7. The van der Waals surface area contributed by atoms with Crippen molar-refractivity contribution in [2.45, 2.75) is 37.7 Å². The summed E-state index contributed by atoms with van der Waals surface area (Å²) in [6, 6.07) is 18.7. The number of carbonyl (C=O) groups excluding carboxylic acids is 1. The molecule has 0 heterocycles. The van der Waals surface area contributed by atoms with E-state index in [1.165, 1.54) is 42.5 Å². The molecule has 1 amide bonds. The van der Waals surface area contributed by atoms with Gasteiger partial charge in [0, 0.05) is 11.1 Å². The van der Waals surface area contributed by atoms with Crippen LogP contribution in [0.5, 0.6) is 5.75 Å². The van der Waals surface area contributed by atoms with Crippen molar-refractivity contribution in [2.75, 3.05) is 0 Å². The fraction of sp³-hybridized carbons (Fsp3) is 0.208. The van der Waals surface area contributed by atoms with Crippen LogP contribution in [-0.2, 0) is 22.0 Å². The van der Waals surface area contributed by atoms with E-state index >= 15 is 0 Å². The standard InChI is InChI=1S/C24H24FNO4S/c1-24(2,3)19-10-14-21(15-11-19)31(28,29)26-23(27)17-8-12-20(13-9-17)30-16-18-6-4-5-7-22(18)25/h4-15H,16H2,1-3H3,(H,26,27).